The van der Waals surface area contributed by atoms with Gasteiger partial charge in [0.1, 0.15) is 5.58 Å². The highest BCUT2D eigenvalue weighted by Crippen LogP contribution is 2.45. The number of hydrogen-bond acceptors (Lipinski definition) is 5. The van der Waals surface area contributed by atoms with Gasteiger partial charge in [-0.05, 0) is 36.4 Å². The molecule has 0 bridgehead atoms. The number of benzene rings is 7. The maximum atomic E-state index is 6.81. The van der Waals surface area contributed by atoms with Gasteiger partial charge in [-0.15, -0.1) is 11.3 Å². The summed E-state index contributed by atoms with van der Waals surface area (Å²) in [6.45, 7) is 0. The third kappa shape index (κ3) is 4.30. The van der Waals surface area contributed by atoms with Gasteiger partial charge >= 0.3 is 0 Å². The van der Waals surface area contributed by atoms with E-state index >= 15 is 0 Å². The summed E-state index contributed by atoms with van der Waals surface area (Å²) in [5.41, 5.74) is 8.07. The van der Waals surface area contributed by atoms with Crippen molar-refractivity contribution in [2.24, 2.45) is 0 Å². The van der Waals surface area contributed by atoms with E-state index in [2.05, 4.69) is 102 Å². The van der Waals surface area contributed by atoms with Gasteiger partial charge in [0.2, 0.25) is 0 Å². The zero-order chi connectivity index (χ0) is 33.5. The van der Waals surface area contributed by atoms with Gasteiger partial charge in [-0.3, -0.25) is 0 Å². The molecule has 51 heavy (non-hydrogen) atoms. The summed E-state index contributed by atoms with van der Waals surface area (Å²) >= 11 is 1.75. The molecular formula is C45H26N4OS. The molecule has 4 heterocycles. The predicted octanol–water partition coefficient (Wildman–Crippen LogP) is 12.2. The van der Waals surface area contributed by atoms with Crippen LogP contribution in [-0.2, 0) is 0 Å². The molecular weight excluding hydrogens is 645 g/mol. The van der Waals surface area contributed by atoms with Crippen molar-refractivity contribution < 1.29 is 4.42 Å². The second kappa shape index (κ2) is 10.9. The standard InChI is InChI=1S/C45H26N4OS/c1-3-12-27(13-4-1)43-46-44(28-14-5-2-6-15-28)48-45(47-43)35-18-11-21-39-40(35)34-25-24-33-32-23-22-29(26-38(32)50-41(33)42(34)51-39)49-36-19-9-7-16-30(36)31-17-8-10-20-37(31)49/h1-26H. The van der Waals surface area contributed by atoms with Crippen LogP contribution < -0.4 is 0 Å². The first kappa shape index (κ1) is 28.2. The van der Waals surface area contributed by atoms with Crippen LogP contribution in [0.15, 0.2) is 162 Å². The number of nitrogens with zero attached hydrogens (tertiary/aromatic N) is 4. The Hall–Kier alpha value is -6.63. The fourth-order valence-corrected chi connectivity index (χ4v) is 8.77. The molecule has 0 spiro atoms. The molecule has 5 nitrogen and oxygen atoms in total. The lowest BCUT2D eigenvalue weighted by atomic mass is 10.0. The van der Waals surface area contributed by atoms with E-state index in [0.717, 1.165) is 64.5 Å². The normalized spacial score (nSPS) is 11.9. The molecule has 7 aromatic carbocycles. The van der Waals surface area contributed by atoms with Crippen molar-refractivity contribution in [1.82, 2.24) is 19.5 Å². The van der Waals surface area contributed by atoms with Crippen LogP contribution in [0.4, 0.5) is 0 Å². The van der Waals surface area contributed by atoms with E-state index in [1.165, 1.54) is 21.8 Å². The monoisotopic (exact) mass is 670 g/mol. The minimum Gasteiger partial charge on any atom is -0.454 e. The third-order valence-electron chi connectivity index (χ3n) is 9.87. The molecule has 238 valence electrons. The number of thiophene rings is 1. The van der Waals surface area contributed by atoms with Crippen LogP contribution in [0.5, 0.6) is 0 Å². The summed E-state index contributed by atoms with van der Waals surface area (Å²) in [5.74, 6) is 1.94. The molecule has 0 atom stereocenters. The van der Waals surface area contributed by atoms with Gasteiger partial charge in [-0.1, -0.05) is 115 Å². The van der Waals surface area contributed by atoms with Crippen LogP contribution >= 0.6 is 11.3 Å². The van der Waals surface area contributed by atoms with Crippen LogP contribution in [0.3, 0.4) is 0 Å². The molecule has 6 heteroatoms. The summed E-state index contributed by atoms with van der Waals surface area (Å²) in [6.07, 6.45) is 0. The maximum absolute atomic E-state index is 6.81. The van der Waals surface area contributed by atoms with Crippen molar-refractivity contribution in [3.8, 4) is 39.9 Å². The molecule has 0 N–H and O–H groups in total. The first-order valence-electron chi connectivity index (χ1n) is 16.9. The first-order chi connectivity index (χ1) is 25.3. The molecule has 11 rings (SSSR count). The van der Waals surface area contributed by atoms with Crippen molar-refractivity contribution in [1.29, 1.82) is 0 Å². The fraction of sp³-hybridized carbons (Fsp3) is 0. The Morgan fingerprint density at radius 3 is 1.75 bits per heavy atom. The van der Waals surface area contributed by atoms with E-state index in [9.17, 15) is 0 Å². The van der Waals surface area contributed by atoms with E-state index in [-0.39, 0.29) is 0 Å². The Kier molecular flexibility index (Phi) is 6.05. The Bertz CT molecular complexity index is 3030. The summed E-state index contributed by atoms with van der Waals surface area (Å²) in [4.78, 5) is 15.1. The lowest BCUT2D eigenvalue weighted by Gasteiger charge is -2.09. The van der Waals surface area contributed by atoms with Crippen LogP contribution in [-0.4, -0.2) is 19.5 Å². The SMILES string of the molecule is c1ccc(-c2nc(-c3ccccc3)nc(-c3cccc4sc5c(ccc6c7ccc(-n8c9ccccc9c9ccccc98)cc7oc65)c34)n2)cc1. The minimum absolute atomic E-state index is 0.647. The molecule has 0 unspecified atom stereocenters. The maximum Gasteiger partial charge on any atom is 0.164 e. The van der Waals surface area contributed by atoms with E-state index in [4.69, 9.17) is 19.4 Å². The molecule has 0 aliphatic carbocycles. The van der Waals surface area contributed by atoms with Gasteiger partial charge in [0.25, 0.3) is 0 Å². The zero-order valence-electron chi connectivity index (χ0n) is 27.1. The van der Waals surface area contributed by atoms with Gasteiger partial charge in [-0.2, -0.15) is 0 Å². The average Bonchev–Trinajstić information content (AvgIpc) is 3.88. The summed E-state index contributed by atoms with van der Waals surface area (Å²) in [7, 11) is 0. The van der Waals surface area contributed by atoms with Crippen LogP contribution in [0.2, 0.25) is 0 Å². The summed E-state index contributed by atoms with van der Waals surface area (Å²) in [6, 6.07) is 54.8. The van der Waals surface area contributed by atoms with Crippen molar-refractivity contribution in [3.63, 3.8) is 0 Å². The lowest BCUT2D eigenvalue weighted by Crippen LogP contribution is -2.00. The van der Waals surface area contributed by atoms with Crippen LogP contribution in [0, 0.1) is 0 Å². The molecule has 11 aromatic rings. The molecule has 0 aliphatic rings. The largest absolute Gasteiger partial charge is 0.454 e. The molecule has 4 aromatic heterocycles. The summed E-state index contributed by atoms with van der Waals surface area (Å²) < 4.78 is 11.4. The van der Waals surface area contributed by atoms with E-state index < -0.39 is 0 Å². The zero-order valence-corrected chi connectivity index (χ0v) is 27.9. The smallest absolute Gasteiger partial charge is 0.164 e. The molecule has 0 fully saturated rings. The van der Waals surface area contributed by atoms with Crippen molar-refractivity contribution in [3.05, 3.63) is 158 Å². The van der Waals surface area contributed by atoms with Gasteiger partial charge in [0.05, 0.1) is 15.7 Å². The quantitative estimate of drug-likeness (QED) is 0.187. The molecule has 0 saturated heterocycles. The number of furan rings is 1. The van der Waals surface area contributed by atoms with Gasteiger partial charge in [0.15, 0.2) is 23.1 Å². The van der Waals surface area contributed by atoms with E-state index in [1.807, 2.05) is 60.7 Å². The Balaban J connectivity index is 1.12. The second-order valence-electron chi connectivity index (χ2n) is 12.8. The van der Waals surface area contributed by atoms with Crippen LogP contribution in [0.25, 0.3) is 104 Å². The van der Waals surface area contributed by atoms with Gasteiger partial charge in [0, 0.05) is 65.5 Å². The highest BCUT2D eigenvalue weighted by molar-refractivity contribution is 7.26. The summed E-state index contributed by atoms with van der Waals surface area (Å²) in [5, 5.41) is 6.94. The van der Waals surface area contributed by atoms with Gasteiger partial charge < -0.3 is 8.98 Å². The van der Waals surface area contributed by atoms with Crippen molar-refractivity contribution in [2.45, 2.75) is 0 Å². The molecule has 0 amide bonds. The highest BCUT2D eigenvalue weighted by atomic mass is 32.1. The predicted molar refractivity (Wildman–Crippen MR) is 211 cm³/mol. The number of para-hydroxylation sites is 2. The third-order valence-corrected chi connectivity index (χ3v) is 11.0. The Morgan fingerprint density at radius 2 is 1.06 bits per heavy atom. The Labute approximate surface area is 295 Å². The topological polar surface area (TPSA) is 56.7 Å². The number of fused-ring (bicyclic) bond motifs is 10. The first-order valence-corrected chi connectivity index (χ1v) is 17.8. The van der Waals surface area contributed by atoms with E-state index in [0.29, 0.717) is 17.5 Å². The number of rotatable bonds is 4. The van der Waals surface area contributed by atoms with Crippen LogP contribution in [0.1, 0.15) is 0 Å². The van der Waals surface area contributed by atoms with Crippen molar-refractivity contribution in [2.75, 3.05) is 0 Å². The second-order valence-corrected chi connectivity index (χ2v) is 13.8. The highest BCUT2D eigenvalue weighted by Gasteiger charge is 2.20. The molecule has 0 aliphatic heterocycles. The minimum atomic E-state index is 0.647. The van der Waals surface area contributed by atoms with Gasteiger partial charge in [-0.25, -0.2) is 15.0 Å². The van der Waals surface area contributed by atoms with Crippen molar-refractivity contribution >= 4 is 75.3 Å². The number of aromatic nitrogens is 4. The Morgan fingerprint density at radius 1 is 0.471 bits per heavy atom. The molecule has 0 radical (unpaired) electrons. The fourth-order valence-electron chi connectivity index (χ4n) is 7.56. The lowest BCUT2D eigenvalue weighted by molar-refractivity contribution is 0.673. The number of hydrogen-bond donors (Lipinski definition) is 0. The average molecular weight is 671 g/mol. The van der Waals surface area contributed by atoms with E-state index in [1.54, 1.807) is 11.3 Å². The molecule has 0 saturated carbocycles.